The lowest BCUT2D eigenvalue weighted by Crippen LogP contribution is -2.11. The zero-order valence-corrected chi connectivity index (χ0v) is 10.9. The molecule has 3 N–H and O–H groups in total. The predicted octanol–water partition coefficient (Wildman–Crippen LogP) is 3.01. The molecule has 1 atom stereocenters. The van der Waals surface area contributed by atoms with E-state index in [4.69, 9.17) is 10.5 Å². The van der Waals surface area contributed by atoms with Gasteiger partial charge in [-0.1, -0.05) is 18.9 Å². The number of ether oxygens (including phenoxy) is 1. The highest BCUT2D eigenvalue weighted by atomic mass is 35.5. The van der Waals surface area contributed by atoms with Gasteiger partial charge in [0.15, 0.2) is 11.5 Å². The maximum Gasteiger partial charge on any atom is 0.161 e. The summed E-state index contributed by atoms with van der Waals surface area (Å²) in [6, 6.07) is 5.46. The second-order valence-corrected chi connectivity index (χ2v) is 4.45. The number of rotatable bonds is 5. The summed E-state index contributed by atoms with van der Waals surface area (Å²) in [5, 5.41) is 9.58. The molecule has 1 aromatic rings. The maximum atomic E-state index is 9.58. The summed E-state index contributed by atoms with van der Waals surface area (Å²) in [5.41, 5.74) is 7.16. The summed E-state index contributed by atoms with van der Waals surface area (Å²) in [6.07, 6.45) is 3.66. The summed E-state index contributed by atoms with van der Waals surface area (Å²) in [7, 11) is 0. The summed E-state index contributed by atoms with van der Waals surface area (Å²) in [5.74, 6) is 1.52. The van der Waals surface area contributed by atoms with Crippen LogP contribution in [0.2, 0.25) is 0 Å². The second-order valence-electron chi connectivity index (χ2n) is 4.45. The van der Waals surface area contributed by atoms with Gasteiger partial charge in [-0.05, 0) is 37.0 Å². The predicted molar refractivity (Wildman–Crippen MR) is 70.8 cm³/mol. The highest BCUT2D eigenvalue weighted by Crippen LogP contribution is 2.38. The minimum absolute atomic E-state index is 0. The summed E-state index contributed by atoms with van der Waals surface area (Å²) in [4.78, 5) is 0. The molecular formula is C13H20ClNO2. The smallest absolute Gasteiger partial charge is 0.161 e. The van der Waals surface area contributed by atoms with E-state index in [1.54, 1.807) is 6.07 Å². The molecule has 0 aromatic heterocycles. The topological polar surface area (TPSA) is 55.5 Å². The second kappa shape index (κ2) is 6.12. The lowest BCUT2D eigenvalue weighted by molar-refractivity contribution is 0.317. The Hall–Kier alpha value is -0.930. The maximum absolute atomic E-state index is 9.58. The van der Waals surface area contributed by atoms with Crippen molar-refractivity contribution in [1.82, 2.24) is 0 Å². The Bertz CT molecular complexity index is 366. The number of phenolic OH excluding ortho intramolecular Hbond substituents is 1. The molecule has 0 spiro atoms. The lowest BCUT2D eigenvalue weighted by atomic mass is 10.0. The van der Waals surface area contributed by atoms with E-state index >= 15 is 0 Å². The first kappa shape index (κ1) is 14.1. The fourth-order valence-electron chi connectivity index (χ4n) is 1.88. The van der Waals surface area contributed by atoms with Crippen LogP contribution >= 0.6 is 12.4 Å². The Morgan fingerprint density at radius 3 is 2.76 bits per heavy atom. The number of phenols is 1. The third kappa shape index (κ3) is 3.79. The van der Waals surface area contributed by atoms with Crippen LogP contribution in [0.4, 0.5) is 0 Å². The number of hydrogen-bond donors (Lipinski definition) is 2. The van der Waals surface area contributed by atoms with E-state index in [0.717, 1.165) is 17.9 Å². The average molecular weight is 258 g/mol. The van der Waals surface area contributed by atoms with Gasteiger partial charge < -0.3 is 15.6 Å². The molecule has 2 rings (SSSR count). The molecule has 0 saturated heterocycles. The molecule has 4 heteroatoms. The largest absolute Gasteiger partial charge is 0.504 e. The van der Waals surface area contributed by atoms with Crippen LogP contribution in [-0.2, 0) is 0 Å². The fraction of sp³-hybridized carbons (Fsp3) is 0.538. The highest BCUT2D eigenvalue weighted by Gasteiger charge is 2.24. The van der Waals surface area contributed by atoms with Crippen molar-refractivity contribution in [2.24, 2.45) is 11.7 Å². The molecule has 0 bridgehead atoms. The quantitative estimate of drug-likeness (QED) is 0.853. The van der Waals surface area contributed by atoms with Gasteiger partial charge in [0.2, 0.25) is 0 Å². The van der Waals surface area contributed by atoms with Crippen molar-refractivity contribution in [2.45, 2.75) is 32.2 Å². The molecule has 1 saturated carbocycles. The zero-order chi connectivity index (χ0) is 11.5. The Balaban J connectivity index is 0.00000144. The summed E-state index contributed by atoms with van der Waals surface area (Å²) < 4.78 is 5.34. The first-order valence-electron chi connectivity index (χ1n) is 5.92. The number of aromatic hydroxyl groups is 1. The molecule has 17 heavy (non-hydrogen) atoms. The zero-order valence-electron chi connectivity index (χ0n) is 10.1. The Morgan fingerprint density at radius 1 is 1.47 bits per heavy atom. The van der Waals surface area contributed by atoms with Gasteiger partial charge in [-0.15, -0.1) is 12.4 Å². The molecule has 0 heterocycles. The molecule has 0 radical (unpaired) electrons. The van der Waals surface area contributed by atoms with Crippen molar-refractivity contribution in [3.05, 3.63) is 23.8 Å². The van der Waals surface area contributed by atoms with Gasteiger partial charge in [0.05, 0.1) is 6.61 Å². The minimum Gasteiger partial charge on any atom is -0.504 e. The van der Waals surface area contributed by atoms with E-state index in [-0.39, 0.29) is 24.2 Å². The molecule has 1 fully saturated rings. The number of benzene rings is 1. The van der Waals surface area contributed by atoms with E-state index in [9.17, 15) is 5.11 Å². The molecule has 1 aromatic carbocycles. The molecular weight excluding hydrogens is 238 g/mol. The van der Waals surface area contributed by atoms with Gasteiger partial charge in [-0.25, -0.2) is 0 Å². The van der Waals surface area contributed by atoms with Gasteiger partial charge >= 0.3 is 0 Å². The van der Waals surface area contributed by atoms with E-state index < -0.39 is 0 Å². The fourth-order valence-corrected chi connectivity index (χ4v) is 1.88. The van der Waals surface area contributed by atoms with Gasteiger partial charge in [0.1, 0.15) is 0 Å². The molecule has 96 valence electrons. The van der Waals surface area contributed by atoms with Crippen LogP contribution in [0.1, 0.15) is 37.8 Å². The first-order valence-corrected chi connectivity index (χ1v) is 5.92. The normalized spacial score (nSPS) is 16.1. The number of hydrogen-bond acceptors (Lipinski definition) is 3. The number of nitrogens with two attached hydrogens (primary N) is 1. The van der Waals surface area contributed by atoms with Crippen molar-refractivity contribution >= 4 is 12.4 Å². The van der Waals surface area contributed by atoms with Crippen molar-refractivity contribution in [1.29, 1.82) is 0 Å². The standard InChI is InChI=1S/C13H19NO2.ClH/c1-2-16-13-8-10(5-6-12(13)15)11(14)7-9-3-4-9;/h5-6,8-9,11,15H,2-4,7,14H2,1H3;1H/t11-;/m1./s1. The van der Waals surface area contributed by atoms with Crippen LogP contribution in [-0.4, -0.2) is 11.7 Å². The molecule has 0 aliphatic heterocycles. The van der Waals surface area contributed by atoms with Crippen LogP contribution in [0, 0.1) is 5.92 Å². The van der Waals surface area contributed by atoms with Crippen molar-refractivity contribution in [3.63, 3.8) is 0 Å². The van der Waals surface area contributed by atoms with E-state index in [1.807, 2.05) is 19.1 Å². The van der Waals surface area contributed by atoms with Gasteiger partial charge in [-0.3, -0.25) is 0 Å². The summed E-state index contributed by atoms with van der Waals surface area (Å²) >= 11 is 0. The third-order valence-corrected chi connectivity index (χ3v) is 3.00. The molecule has 0 amide bonds. The summed E-state index contributed by atoms with van der Waals surface area (Å²) in [6.45, 7) is 2.45. The van der Waals surface area contributed by atoms with Crippen molar-refractivity contribution < 1.29 is 9.84 Å². The lowest BCUT2D eigenvalue weighted by Gasteiger charge is -2.14. The van der Waals surface area contributed by atoms with E-state index in [0.29, 0.717) is 12.4 Å². The Labute approximate surface area is 108 Å². The SMILES string of the molecule is CCOc1cc([C@H](N)CC2CC2)ccc1O.Cl. The van der Waals surface area contributed by atoms with E-state index in [2.05, 4.69) is 0 Å². The van der Waals surface area contributed by atoms with Crippen LogP contribution < -0.4 is 10.5 Å². The molecule has 1 aliphatic carbocycles. The Morgan fingerprint density at radius 2 is 2.18 bits per heavy atom. The highest BCUT2D eigenvalue weighted by molar-refractivity contribution is 5.85. The van der Waals surface area contributed by atoms with Crippen LogP contribution in [0.15, 0.2) is 18.2 Å². The average Bonchev–Trinajstić information content (AvgIpc) is 3.05. The van der Waals surface area contributed by atoms with Crippen LogP contribution in [0.25, 0.3) is 0 Å². The van der Waals surface area contributed by atoms with Gasteiger partial charge in [0, 0.05) is 6.04 Å². The van der Waals surface area contributed by atoms with Crippen LogP contribution in [0.5, 0.6) is 11.5 Å². The van der Waals surface area contributed by atoms with Crippen LogP contribution in [0.3, 0.4) is 0 Å². The molecule has 3 nitrogen and oxygen atoms in total. The molecule has 1 aliphatic rings. The Kier molecular flexibility index (Phi) is 5.09. The van der Waals surface area contributed by atoms with Gasteiger partial charge in [0.25, 0.3) is 0 Å². The monoisotopic (exact) mass is 257 g/mol. The van der Waals surface area contributed by atoms with Crippen molar-refractivity contribution in [2.75, 3.05) is 6.61 Å². The molecule has 0 unspecified atom stereocenters. The number of halogens is 1. The first-order chi connectivity index (χ1) is 7.70. The third-order valence-electron chi connectivity index (χ3n) is 3.00. The van der Waals surface area contributed by atoms with Crippen molar-refractivity contribution in [3.8, 4) is 11.5 Å². The van der Waals surface area contributed by atoms with Gasteiger partial charge in [-0.2, -0.15) is 0 Å². The van der Waals surface area contributed by atoms with E-state index in [1.165, 1.54) is 12.8 Å². The minimum atomic E-state index is 0.